The summed E-state index contributed by atoms with van der Waals surface area (Å²) in [5, 5.41) is 9.50. The summed E-state index contributed by atoms with van der Waals surface area (Å²) in [6.45, 7) is 3.91. The van der Waals surface area contributed by atoms with Gasteiger partial charge in [0.1, 0.15) is 17.1 Å². The minimum Gasteiger partial charge on any atom is -0.491 e. The van der Waals surface area contributed by atoms with Crippen molar-refractivity contribution >= 4 is 11.6 Å². The second-order valence-corrected chi connectivity index (χ2v) is 5.23. The molecule has 0 aliphatic heterocycles. The summed E-state index contributed by atoms with van der Waals surface area (Å²) in [4.78, 5) is 16.0. The van der Waals surface area contributed by atoms with E-state index in [0.29, 0.717) is 11.3 Å². The fourth-order valence-corrected chi connectivity index (χ4v) is 2.36. The zero-order valence-electron chi connectivity index (χ0n) is 12.4. The summed E-state index contributed by atoms with van der Waals surface area (Å²) in [6, 6.07) is 12.7. The third kappa shape index (κ3) is 2.53. The van der Waals surface area contributed by atoms with E-state index in [-0.39, 0.29) is 11.8 Å². The number of fused-ring (bicyclic) bond motifs is 1. The van der Waals surface area contributed by atoms with Gasteiger partial charge in [-0.25, -0.2) is 9.78 Å². The summed E-state index contributed by atoms with van der Waals surface area (Å²) < 4.78 is 7.18. The number of hydrogen-bond acceptors (Lipinski definition) is 3. The lowest BCUT2D eigenvalue weighted by Gasteiger charge is -2.09. The molecule has 3 aromatic rings. The molecule has 0 radical (unpaired) electrons. The van der Waals surface area contributed by atoms with Crippen LogP contribution in [0.2, 0.25) is 0 Å². The van der Waals surface area contributed by atoms with Gasteiger partial charge in [-0.2, -0.15) is 0 Å². The highest BCUT2D eigenvalue weighted by Crippen LogP contribution is 2.26. The molecule has 0 amide bonds. The van der Waals surface area contributed by atoms with Gasteiger partial charge in [0.2, 0.25) is 0 Å². The van der Waals surface area contributed by atoms with Crippen molar-refractivity contribution in [2.24, 2.45) is 0 Å². The topological polar surface area (TPSA) is 63.8 Å². The fraction of sp³-hybridized carbons (Fsp3) is 0.176. The molecule has 1 N–H and O–H groups in total. The quantitative estimate of drug-likeness (QED) is 0.800. The van der Waals surface area contributed by atoms with Gasteiger partial charge in [-0.3, -0.25) is 4.40 Å². The lowest BCUT2D eigenvalue weighted by atomic mass is 10.1. The molecule has 0 atom stereocenters. The zero-order valence-corrected chi connectivity index (χ0v) is 12.4. The first kappa shape index (κ1) is 14.1. The number of hydrogen-bond donors (Lipinski definition) is 1. The molecular weight excluding hydrogens is 280 g/mol. The minimum absolute atomic E-state index is 0.0932. The number of aromatic nitrogens is 2. The Bertz CT molecular complexity index is 820. The minimum atomic E-state index is -1.00. The second-order valence-electron chi connectivity index (χ2n) is 5.23. The highest BCUT2D eigenvalue weighted by molar-refractivity contribution is 5.94. The Kier molecular flexibility index (Phi) is 3.55. The van der Waals surface area contributed by atoms with Crippen LogP contribution in [-0.4, -0.2) is 26.6 Å². The average molecular weight is 296 g/mol. The Morgan fingerprint density at radius 2 is 1.91 bits per heavy atom. The molecule has 0 saturated heterocycles. The number of carboxylic acid groups (broad SMARTS) is 1. The van der Waals surface area contributed by atoms with Crippen molar-refractivity contribution in [3.05, 3.63) is 54.4 Å². The number of pyridine rings is 1. The third-order valence-electron chi connectivity index (χ3n) is 3.23. The number of benzene rings is 1. The molecule has 0 saturated carbocycles. The van der Waals surface area contributed by atoms with Crippen molar-refractivity contribution < 1.29 is 14.6 Å². The Morgan fingerprint density at radius 1 is 1.18 bits per heavy atom. The second kappa shape index (κ2) is 5.52. The van der Waals surface area contributed by atoms with Crippen molar-refractivity contribution in [2.45, 2.75) is 20.0 Å². The Labute approximate surface area is 127 Å². The van der Waals surface area contributed by atoms with Crippen LogP contribution < -0.4 is 4.74 Å². The summed E-state index contributed by atoms with van der Waals surface area (Å²) >= 11 is 0. The molecule has 5 nitrogen and oxygen atoms in total. The van der Waals surface area contributed by atoms with E-state index in [0.717, 1.165) is 11.3 Å². The highest BCUT2D eigenvalue weighted by atomic mass is 16.5. The molecular formula is C17H16N2O3. The van der Waals surface area contributed by atoms with E-state index < -0.39 is 5.97 Å². The highest BCUT2D eigenvalue weighted by Gasteiger charge is 2.19. The number of ether oxygens (including phenoxy) is 1. The van der Waals surface area contributed by atoms with E-state index in [2.05, 4.69) is 4.98 Å². The Balaban J connectivity index is 2.09. The van der Waals surface area contributed by atoms with E-state index in [1.54, 1.807) is 22.7 Å². The van der Waals surface area contributed by atoms with E-state index in [1.165, 1.54) is 0 Å². The van der Waals surface area contributed by atoms with Crippen LogP contribution in [0.5, 0.6) is 5.75 Å². The molecule has 22 heavy (non-hydrogen) atoms. The molecule has 0 aliphatic rings. The molecule has 0 spiro atoms. The standard InChI is InChI=1S/C17H16N2O3/c1-11(2)22-13-8-6-12(7-9-13)15-16(17(20)21)19-10-4-3-5-14(19)18-15/h3-11H,1-2H3,(H,20,21). The number of carboxylic acids is 1. The zero-order chi connectivity index (χ0) is 15.7. The lowest BCUT2D eigenvalue weighted by molar-refractivity contribution is 0.0690. The predicted molar refractivity (Wildman–Crippen MR) is 83.4 cm³/mol. The lowest BCUT2D eigenvalue weighted by Crippen LogP contribution is -2.05. The van der Waals surface area contributed by atoms with Gasteiger partial charge in [-0.05, 0) is 50.2 Å². The van der Waals surface area contributed by atoms with E-state index >= 15 is 0 Å². The number of aromatic carboxylic acids is 1. The number of carbonyl (C=O) groups is 1. The molecule has 1 aromatic carbocycles. The maximum atomic E-state index is 11.6. The first-order valence-electron chi connectivity index (χ1n) is 7.03. The van der Waals surface area contributed by atoms with Gasteiger partial charge in [0.15, 0.2) is 5.69 Å². The number of imidazole rings is 1. The van der Waals surface area contributed by atoms with Crippen LogP contribution in [0.1, 0.15) is 24.3 Å². The molecule has 112 valence electrons. The largest absolute Gasteiger partial charge is 0.491 e. The van der Waals surface area contributed by atoms with Gasteiger partial charge in [0.25, 0.3) is 0 Å². The molecule has 0 unspecified atom stereocenters. The third-order valence-corrected chi connectivity index (χ3v) is 3.23. The van der Waals surface area contributed by atoms with E-state index in [1.807, 2.05) is 44.2 Å². The van der Waals surface area contributed by atoms with Crippen molar-refractivity contribution in [1.29, 1.82) is 0 Å². The summed E-state index contributed by atoms with van der Waals surface area (Å²) in [6.07, 6.45) is 1.79. The Morgan fingerprint density at radius 3 is 2.55 bits per heavy atom. The monoisotopic (exact) mass is 296 g/mol. The number of rotatable bonds is 4. The van der Waals surface area contributed by atoms with Crippen LogP contribution in [0.4, 0.5) is 0 Å². The van der Waals surface area contributed by atoms with E-state index in [9.17, 15) is 9.90 Å². The van der Waals surface area contributed by atoms with Crippen LogP contribution in [0.15, 0.2) is 48.7 Å². The summed E-state index contributed by atoms with van der Waals surface area (Å²) in [5.41, 5.74) is 1.97. The van der Waals surface area contributed by atoms with Crippen molar-refractivity contribution in [2.75, 3.05) is 0 Å². The maximum Gasteiger partial charge on any atom is 0.355 e. The van der Waals surface area contributed by atoms with Gasteiger partial charge in [0.05, 0.1) is 6.10 Å². The SMILES string of the molecule is CC(C)Oc1ccc(-c2nc3ccccn3c2C(=O)O)cc1. The summed E-state index contributed by atoms with van der Waals surface area (Å²) in [7, 11) is 0. The van der Waals surface area contributed by atoms with Crippen LogP contribution in [0.3, 0.4) is 0 Å². The van der Waals surface area contributed by atoms with Crippen molar-refractivity contribution in [3.8, 4) is 17.0 Å². The summed E-state index contributed by atoms with van der Waals surface area (Å²) in [5.74, 6) is -0.254. The first-order valence-corrected chi connectivity index (χ1v) is 7.03. The molecule has 5 heteroatoms. The normalized spacial score (nSPS) is 11.0. The van der Waals surface area contributed by atoms with Gasteiger partial charge < -0.3 is 9.84 Å². The number of nitrogens with zero attached hydrogens (tertiary/aromatic N) is 2. The van der Waals surface area contributed by atoms with Crippen LogP contribution >= 0.6 is 0 Å². The van der Waals surface area contributed by atoms with Gasteiger partial charge in [-0.1, -0.05) is 6.07 Å². The van der Waals surface area contributed by atoms with Crippen LogP contribution in [-0.2, 0) is 0 Å². The van der Waals surface area contributed by atoms with Crippen LogP contribution in [0, 0.1) is 0 Å². The predicted octanol–water partition coefficient (Wildman–Crippen LogP) is 3.49. The van der Waals surface area contributed by atoms with Gasteiger partial charge >= 0.3 is 5.97 Å². The maximum absolute atomic E-state index is 11.6. The van der Waals surface area contributed by atoms with E-state index in [4.69, 9.17) is 4.74 Å². The fourth-order valence-electron chi connectivity index (χ4n) is 2.36. The van der Waals surface area contributed by atoms with Crippen molar-refractivity contribution in [1.82, 2.24) is 9.38 Å². The molecule has 0 bridgehead atoms. The Hall–Kier alpha value is -2.82. The molecule has 3 rings (SSSR count). The first-order chi connectivity index (χ1) is 10.6. The van der Waals surface area contributed by atoms with Gasteiger partial charge in [-0.15, -0.1) is 0 Å². The molecule has 0 fully saturated rings. The molecule has 0 aliphatic carbocycles. The molecule has 2 aromatic heterocycles. The van der Waals surface area contributed by atoms with Crippen LogP contribution in [0.25, 0.3) is 16.9 Å². The van der Waals surface area contributed by atoms with Crippen molar-refractivity contribution in [3.63, 3.8) is 0 Å². The van der Waals surface area contributed by atoms with Gasteiger partial charge in [0, 0.05) is 11.8 Å². The smallest absolute Gasteiger partial charge is 0.355 e. The average Bonchev–Trinajstić information content (AvgIpc) is 2.86. The molecule has 2 heterocycles.